The fourth-order valence-corrected chi connectivity index (χ4v) is 5.72. The Balaban J connectivity index is 1.22. The number of fused-ring (bicyclic) bond motifs is 3. The minimum absolute atomic E-state index is 0.616. The first-order valence-electron chi connectivity index (χ1n) is 11.0. The number of imidazole rings is 1. The Morgan fingerprint density at radius 2 is 1.57 bits per heavy atom. The van der Waals surface area contributed by atoms with Crippen LogP contribution in [0.4, 0.5) is 0 Å². The number of benzene rings is 2. The second kappa shape index (κ2) is 7.71. The van der Waals surface area contributed by atoms with Gasteiger partial charge in [-0.3, -0.25) is 4.90 Å². The van der Waals surface area contributed by atoms with E-state index in [1.807, 2.05) is 0 Å². The van der Waals surface area contributed by atoms with E-state index in [-0.39, 0.29) is 0 Å². The van der Waals surface area contributed by atoms with Crippen LogP contribution >= 0.6 is 0 Å². The number of nitrogens with zero attached hydrogens (tertiary/aromatic N) is 3. The van der Waals surface area contributed by atoms with Gasteiger partial charge >= 0.3 is 0 Å². The molecular formula is C25H31N3. The minimum Gasteiger partial charge on any atom is -0.325 e. The second-order valence-electron chi connectivity index (χ2n) is 8.71. The summed E-state index contributed by atoms with van der Waals surface area (Å²) in [6.07, 6.45) is 9.17. The van der Waals surface area contributed by atoms with Crippen molar-refractivity contribution in [3.63, 3.8) is 0 Å². The van der Waals surface area contributed by atoms with Crippen LogP contribution in [0.5, 0.6) is 0 Å². The normalized spacial score (nSPS) is 24.8. The van der Waals surface area contributed by atoms with Crippen molar-refractivity contribution in [2.45, 2.75) is 70.0 Å². The smallest absolute Gasteiger partial charge is 0.106 e. The Labute approximate surface area is 168 Å². The lowest BCUT2D eigenvalue weighted by atomic mass is 9.96. The van der Waals surface area contributed by atoms with Crippen LogP contribution in [0.15, 0.2) is 54.6 Å². The highest BCUT2D eigenvalue weighted by Gasteiger charge is 2.41. The molecule has 3 nitrogen and oxygen atoms in total. The van der Waals surface area contributed by atoms with Gasteiger partial charge in [0.2, 0.25) is 0 Å². The maximum absolute atomic E-state index is 4.82. The molecule has 2 fully saturated rings. The van der Waals surface area contributed by atoms with Crippen molar-refractivity contribution in [3.8, 4) is 0 Å². The van der Waals surface area contributed by atoms with Crippen molar-refractivity contribution in [1.29, 1.82) is 0 Å². The molecule has 0 N–H and O–H groups in total. The summed E-state index contributed by atoms with van der Waals surface area (Å²) in [4.78, 5) is 7.66. The van der Waals surface area contributed by atoms with E-state index in [9.17, 15) is 0 Å². The molecule has 0 saturated carbocycles. The number of unbranched alkanes of at least 4 members (excludes halogenated alkanes) is 1. The summed E-state index contributed by atoms with van der Waals surface area (Å²) >= 11 is 0. The molecule has 0 amide bonds. The minimum atomic E-state index is 0.616. The summed E-state index contributed by atoms with van der Waals surface area (Å²) in [7, 11) is 0. The van der Waals surface area contributed by atoms with Crippen LogP contribution in [0, 0.1) is 6.92 Å². The Morgan fingerprint density at radius 1 is 0.857 bits per heavy atom. The van der Waals surface area contributed by atoms with Crippen LogP contribution < -0.4 is 0 Å². The molecule has 5 rings (SSSR count). The van der Waals surface area contributed by atoms with Crippen LogP contribution in [0.3, 0.4) is 0 Å². The highest BCUT2D eigenvalue weighted by Crippen LogP contribution is 2.42. The first-order valence-corrected chi connectivity index (χ1v) is 11.0. The van der Waals surface area contributed by atoms with Gasteiger partial charge in [-0.05, 0) is 76.1 Å². The van der Waals surface area contributed by atoms with Gasteiger partial charge in [-0.25, -0.2) is 4.98 Å². The fraction of sp³-hybridized carbons (Fsp3) is 0.480. The predicted octanol–water partition coefficient (Wildman–Crippen LogP) is 5.54. The number of hydrogen-bond acceptors (Lipinski definition) is 2. The largest absolute Gasteiger partial charge is 0.325 e. The van der Waals surface area contributed by atoms with Crippen LogP contribution in [0.2, 0.25) is 0 Å². The summed E-state index contributed by atoms with van der Waals surface area (Å²) in [5.74, 6) is 1.18. The SMILES string of the molecule is Cc1nc2ccccc2n1C1CC2CCC(C1)N2CCCCc1ccccc1. The third kappa shape index (κ3) is 3.37. The van der Waals surface area contributed by atoms with E-state index in [1.54, 1.807) is 0 Å². The van der Waals surface area contributed by atoms with Crippen LogP contribution in [0.1, 0.15) is 56.0 Å². The van der Waals surface area contributed by atoms with Gasteiger partial charge in [-0.1, -0.05) is 42.5 Å². The molecule has 0 spiro atoms. The molecule has 2 aliphatic heterocycles. The van der Waals surface area contributed by atoms with E-state index in [0.29, 0.717) is 6.04 Å². The standard InChI is InChI=1S/C25H31N3/c1-19-26-24-12-5-6-13-25(24)28(19)23-17-21-14-15-22(18-23)27(21)16-8-7-11-20-9-3-2-4-10-20/h2-6,9-10,12-13,21-23H,7-8,11,14-18H2,1H3. The van der Waals surface area contributed by atoms with Gasteiger partial charge in [0.15, 0.2) is 0 Å². The van der Waals surface area contributed by atoms with Gasteiger partial charge in [0.1, 0.15) is 5.82 Å². The number of piperidine rings is 1. The van der Waals surface area contributed by atoms with E-state index in [1.165, 1.54) is 68.4 Å². The quantitative estimate of drug-likeness (QED) is 0.529. The van der Waals surface area contributed by atoms with Crippen LogP contribution in [-0.2, 0) is 6.42 Å². The molecule has 28 heavy (non-hydrogen) atoms. The highest BCUT2D eigenvalue weighted by molar-refractivity contribution is 5.76. The zero-order valence-corrected chi connectivity index (χ0v) is 16.9. The number of para-hydroxylation sites is 2. The number of aromatic nitrogens is 2. The molecule has 1 aromatic heterocycles. The van der Waals surface area contributed by atoms with Crippen molar-refractivity contribution in [2.75, 3.05) is 6.54 Å². The molecule has 3 heteroatoms. The molecule has 2 atom stereocenters. The average molecular weight is 374 g/mol. The second-order valence-corrected chi connectivity index (χ2v) is 8.71. The molecule has 2 aliphatic rings. The zero-order chi connectivity index (χ0) is 18.9. The lowest BCUT2D eigenvalue weighted by Crippen LogP contribution is -2.44. The van der Waals surface area contributed by atoms with Crippen molar-refractivity contribution < 1.29 is 0 Å². The lowest BCUT2D eigenvalue weighted by Gasteiger charge is -2.40. The van der Waals surface area contributed by atoms with E-state index in [4.69, 9.17) is 4.98 Å². The van der Waals surface area contributed by atoms with Gasteiger partial charge in [-0.15, -0.1) is 0 Å². The molecule has 0 radical (unpaired) electrons. The third-order valence-electron chi connectivity index (χ3n) is 6.97. The van der Waals surface area contributed by atoms with Gasteiger partial charge in [-0.2, -0.15) is 0 Å². The Bertz CT molecular complexity index is 915. The van der Waals surface area contributed by atoms with E-state index >= 15 is 0 Å². The Hall–Kier alpha value is -2.13. The average Bonchev–Trinajstić information content (AvgIpc) is 3.17. The van der Waals surface area contributed by atoms with Crippen molar-refractivity contribution in [2.24, 2.45) is 0 Å². The maximum atomic E-state index is 4.82. The summed E-state index contributed by atoms with van der Waals surface area (Å²) in [5, 5.41) is 0. The first kappa shape index (κ1) is 17.9. The van der Waals surface area contributed by atoms with Crippen LogP contribution in [0.25, 0.3) is 11.0 Å². The Morgan fingerprint density at radius 3 is 2.36 bits per heavy atom. The highest BCUT2D eigenvalue weighted by atomic mass is 15.2. The summed E-state index contributed by atoms with van der Waals surface area (Å²) in [5.41, 5.74) is 3.95. The van der Waals surface area contributed by atoms with Gasteiger partial charge in [0.05, 0.1) is 11.0 Å². The molecule has 2 aromatic carbocycles. The van der Waals surface area contributed by atoms with Crippen molar-refractivity contribution in [3.05, 3.63) is 66.0 Å². The Kier molecular flexibility index (Phi) is 4.94. The zero-order valence-electron chi connectivity index (χ0n) is 16.9. The molecular weight excluding hydrogens is 342 g/mol. The molecule has 2 unspecified atom stereocenters. The van der Waals surface area contributed by atoms with Crippen LogP contribution in [-0.4, -0.2) is 33.1 Å². The van der Waals surface area contributed by atoms with Crippen molar-refractivity contribution in [1.82, 2.24) is 14.5 Å². The molecule has 2 saturated heterocycles. The summed E-state index contributed by atoms with van der Waals surface area (Å²) in [6.45, 7) is 3.45. The summed E-state index contributed by atoms with van der Waals surface area (Å²) < 4.78 is 2.54. The van der Waals surface area contributed by atoms with E-state index < -0.39 is 0 Å². The fourth-order valence-electron chi connectivity index (χ4n) is 5.72. The topological polar surface area (TPSA) is 21.1 Å². The van der Waals surface area contributed by atoms with E-state index in [2.05, 4.69) is 71.0 Å². The molecule has 3 heterocycles. The van der Waals surface area contributed by atoms with Gasteiger partial charge in [0, 0.05) is 18.1 Å². The molecule has 2 bridgehead atoms. The first-order chi connectivity index (χ1) is 13.8. The molecule has 146 valence electrons. The third-order valence-corrected chi connectivity index (χ3v) is 6.97. The van der Waals surface area contributed by atoms with Crippen molar-refractivity contribution >= 4 is 11.0 Å². The predicted molar refractivity (Wildman–Crippen MR) is 116 cm³/mol. The van der Waals surface area contributed by atoms with Gasteiger partial charge in [0.25, 0.3) is 0 Å². The van der Waals surface area contributed by atoms with E-state index in [0.717, 1.165) is 17.6 Å². The number of aryl methyl sites for hydroxylation is 2. The maximum Gasteiger partial charge on any atom is 0.106 e. The van der Waals surface area contributed by atoms with Gasteiger partial charge < -0.3 is 4.57 Å². The monoisotopic (exact) mass is 373 g/mol. The number of hydrogen-bond donors (Lipinski definition) is 0. The lowest BCUT2D eigenvalue weighted by molar-refractivity contribution is 0.105. The summed E-state index contributed by atoms with van der Waals surface area (Å²) in [6, 6.07) is 21.7. The number of rotatable bonds is 6. The molecule has 0 aliphatic carbocycles. The molecule has 3 aromatic rings.